The number of pyridine rings is 1. The molecule has 0 saturated carbocycles. The van der Waals surface area contributed by atoms with Gasteiger partial charge in [0.1, 0.15) is 12.2 Å². The van der Waals surface area contributed by atoms with Crippen LogP contribution < -0.4 is 5.32 Å². The second-order valence-electron chi connectivity index (χ2n) is 4.40. The van der Waals surface area contributed by atoms with Crippen LogP contribution in [-0.4, -0.2) is 33.8 Å². The lowest BCUT2D eigenvalue weighted by atomic mass is 10.0. The Balaban J connectivity index is 2.16. The van der Waals surface area contributed by atoms with Crippen molar-refractivity contribution < 1.29 is 15.0 Å². The first kappa shape index (κ1) is 13.5. The lowest BCUT2D eigenvalue weighted by Gasteiger charge is -2.18. The molecule has 100 valence electrons. The van der Waals surface area contributed by atoms with E-state index in [2.05, 4.69) is 10.3 Å². The highest BCUT2D eigenvalue weighted by Crippen LogP contribution is 2.21. The summed E-state index contributed by atoms with van der Waals surface area (Å²) in [4.78, 5) is 15.0. The van der Waals surface area contributed by atoms with Crippen molar-refractivity contribution in [2.75, 3.05) is 6.54 Å². The molecule has 5 nitrogen and oxygen atoms in total. The van der Waals surface area contributed by atoms with Crippen molar-refractivity contribution >= 4 is 16.8 Å². The Hall–Kier alpha value is -1.98. The first-order chi connectivity index (χ1) is 9.08. The van der Waals surface area contributed by atoms with Crippen molar-refractivity contribution in [3.05, 3.63) is 42.1 Å². The molecule has 0 aliphatic heterocycles. The van der Waals surface area contributed by atoms with Gasteiger partial charge in [0.25, 0.3) is 0 Å². The second-order valence-corrected chi connectivity index (χ2v) is 4.40. The zero-order valence-electron chi connectivity index (χ0n) is 10.6. The van der Waals surface area contributed by atoms with E-state index in [1.165, 1.54) is 6.92 Å². The van der Waals surface area contributed by atoms with Crippen LogP contribution in [0.1, 0.15) is 18.6 Å². The van der Waals surface area contributed by atoms with Crippen molar-refractivity contribution in [1.82, 2.24) is 10.3 Å². The summed E-state index contributed by atoms with van der Waals surface area (Å²) in [6.07, 6.45) is -0.390. The van der Waals surface area contributed by atoms with Crippen LogP contribution in [0.5, 0.6) is 0 Å². The van der Waals surface area contributed by atoms with Crippen molar-refractivity contribution in [2.24, 2.45) is 0 Å². The van der Waals surface area contributed by atoms with Gasteiger partial charge in [0, 0.05) is 25.1 Å². The minimum atomic E-state index is -1.04. The van der Waals surface area contributed by atoms with E-state index in [1.807, 2.05) is 12.1 Å². The van der Waals surface area contributed by atoms with Crippen LogP contribution >= 0.6 is 0 Å². The smallest absolute Gasteiger partial charge is 0.216 e. The average Bonchev–Trinajstić information content (AvgIpc) is 2.43. The fraction of sp³-hybridized carbons (Fsp3) is 0.286. The van der Waals surface area contributed by atoms with Gasteiger partial charge < -0.3 is 15.5 Å². The van der Waals surface area contributed by atoms with Crippen molar-refractivity contribution in [1.29, 1.82) is 0 Å². The number of benzene rings is 1. The summed E-state index contributed by atoms with van der Waals surface area (Å²) in [6, 6.07) is 8.99. The minimum Gasteiger partial charge on any atom is -0.388 e. The third kappa shape index (κ3) is 3.27. The molecular formula is C14H16N2O3. The number of rotatable bonds is 4. The Morgan fingerprint density at radius 3 is 2.89 bits per heavy atom. The fourth-order valence-electron chi connectivity index (χ4n) is 1.86. The van der Waals surface area contributed by atoms with E-state index in [-0.39, 0.29) is 12.5 Å². The number of fused-ring (bicyclic) bond motifs is 1. The Morgan fingerprint density at radius 2 is 2.16 bits per heavy atom. The van der Waals surface area contributed by atoms with Crippen LogP contribution in [0.25, 0.3) is 10.9 Å². The highest BCUT2D eigenvalue weighted by Gasteiger charge is 2.18. The molecule has 3 N–H and O–H groups in total. The van der Waals surface area contributed by atoms with Crippen molar-refractivity contribution in [3.8, 4) is 0 Å². The van der Waals surface area contributed by atoms with E-state index in [9.17, 15) is 15.0 Å². The Morgan fingerprint density at radius 1 is 1.37 bits per heavy atom. The zero-order valence-corrected chi connectivity index (χ0v) is 10.6. The predicted molar refractivity (Wildman–Crippen MR) is 71.4 cm³/mol. The Labute approximate surface area is 110 Å². The highest BCUT2D eigenvalue weighted by atomic mass is 16.3. The number of aliphatic hydroxyl groups excluding tert-OH is 2. The van der Waals surface area contributed by atoms with Gasteiger partial charge in [-0.1, -0.05) is 12.1 Å². The van der Waals surface area contributed by atoms with Gasteiger partial charge in [0.05, 0.1) is 5.52 Å². The molecule has 1 aromatic heterocycles. The maximum atomic E-state index is 10.8. The number of hydrogen-bond donors (Lipinski definition) is 3. The van der Waals surface area contributed by atoms with Crippen LogP contribution in [0, 0.1) is 0 Å². The average molecular weight is 260 g/mol. The highest BCUT2D eigenvalue weighted by molar-refractivity contribution is 5.79. The third-order valence-electron chi connectivity index (χ3n) is 2.89. The third-order valence-corrected chi connectivity index (χ3v) is 2.89. The summed E-state index contributed by atoms with van der Waals surface area (Å²) in [6.45, 7) is 1.38. The molecule has 1 aromatic carbocycles. The van der Waals surface area contributed by atoms with Gasteiger partial charge in [-0.2, -0.15) is 0 Å². The molecule has 1 amide bonds. The lowest BCUT2D eigenvalue weighted by molar-refractivity contribution is -0.119. The van der Waals surface area contributed by atoms with Gasteiger partial charge in [-0.15, -0.1) is 0 Å². The van der Waals surface area contributed by atoms with E-state index in [0.29, 0.717) is 5.56 Å². The Kier molecular flexibility index (Phi) is 4.09. The summed E-state index contributed by atoms with van der Waals surface area (Å²) < 4.78 is 0. The standard InChI is InChI=1S/C14H16N2O3/c1-9(17)16-8-13(18)14(19)11-4-5-12-10(7-11)3-2-6-15-12/h2-7,13-14,18-19H,8H2,1H3,(H,16,17). The lowest BCUT2D eigenvalue weighted by Crippen LogP contribution is -2.34. The van der Waals surface area contributed by atoms with E-state index in [1.54, 1.807) is 24.4 Å². The predicted octanol–water partition coefficient (Wildman–Crippen LogP) is 0.765. The van der Waals surface area contributed by atoms with E-state index in [0.717, 1.165) is 10.9 Å². The topological polar surface area (TPSA) is 82.5 Å². The zero-order chi connectivity index (χ0) is 13.8. The van der Waals surface area contributed by atoms with Crippen molar-refractivity contribution in [2.45, 2.75) is 19.1 Å². The molecule has 19 heavy (non-hydrogen) atoms. The molecular weight excluding hydrogens is 244 g/mol. The maximum absolute atomic E-state index is 10.8. The van der Waals surface area contributed by atoms with E-state index in [4.69, 9.17) is 0 Å². The van der Waals surface area contributed by atoms with Crippen LogP contribution in [0.2, 0.25) is 0 Å². The van der Waals surface area contributed by atoms with Crippen LogP contribution in [0.4, 0.5) is 0 Å². The number of aliphatic hydroxyl groups is 2. The summed E-state index contributed by atoms with van der Waals surface area (Å²) in [5, 5.41) is 23.2. The summed E-state index contributed by atoms with van der Waals surface area (Å²) >= 11 is 0. The molecule has 0 aliphatic rings. The molecule has 0 aliphatic carbocycles. The second kappa shape index (κ2) is 5.77. The first-order valence-electron chi connectivity index (χ1n) is 6.03. The summed E-state index contributed by atoms with van der Waals surface area (Å²) in [7, 11) is 0. The van der Waals surface area contributed by atoms with Gasteiger partial charge in [0.15, 0.2) is 0 Å². The molecule has 0 saturated heterocycles. The summed E-state index contributed by atoms with van der Waals surface area (Å²) in [5.41, 5.74) is 1.42. The monoisotopic (exact) mass is 260 g/mol. The molecule has 0 fully saturated rings. The minimum absolute atomic E-state index is 0.0155. The number of carbonyl (C=O) groups is 1. The SMILES string of the molecule is CC(=O)NCC(O)C(O)c1ccc2ncccc2c1. The van der Waals surface area contributed by atoms with Gasteiger partial charge in [-0.05, 0) is 23.8 Å². The Bertz CT molecular complexity index is 586. The summed E-state index contributed by atoms with van der Waals surface area (Å²) in [5.74, 6) is -0.242. The molecule has 2 rings (SSSR count). The molecule has 0 bridgehead atoms. The number of nitrogens with zero attached hydrogens (tertiary/aromatic N) is 1. The van der Waals surface area contributed by atoms with Gasteiger partial charge in [0.2, 0.25) is 5.91 Å². The number of amides is 1. The normalized spacial score (nSPS) is 14.1. The first-order valence-corrected chi connectivity index (χ1v) is 6.03. The molecule has 2 aromatic rings. The number of hydrogen-bond acceptors (Lipinski definition) is 4. The largest absolute Gasteiger partial charge is 0.388 e. The van der Waals surface area contributed by atoms with E-state index >= 15 is 0 Å². The van der Waals surface area contributed by atoms with Gasteiger partial charge >= 0.3 is 0 Å². The van der Waals surface area contributed by atoms with E-state index < -0.39 is 12.2 Å². The fourth-order valence-corrected chi connectivity index (χ4v) is 1.86. The molecule has 1 heterocycles. The van der Waals surface area contributed by atoms with Crippen LogP contribution in [-0.2, 0) is 4.79 Å². The molecule has 5 heteroatoms. The quantitative estimate of drug-likeness (QED) is 0.758. The molecule has 2 unspecified atom stereocenters. The molecule has 2 atom stereocenters. The van der Waals surface area contributed by atoms with Crippen LogP contribution in [0.3, 0.4) is 0 Å². The van der Waals surface area contributed by atoms with Gasteiger partial charge in [-0.3, -0.25) is 9.78 Å². The molecule has 0 radical (unpaired) electrons. The maximum Gasteiger partial charge on any atom is 0.216 e. The number of carbonyl (C=O) groups excluding carboxylic acids is 1. The molecule has 0 spiro atoms. The van der Waals surface area contributed by atoms with Gasteiger partial charge in [-0.25, -0.2) is 0 Å². The number of aromatic nitrogens is 1. The van der Waals surface area contributed by atoms with Crippen molar-refractivity contribution in [3.63, 3.8) is 0 Å². The van der Waals surface area contributed by atoms with Crippen LogP contribution in [0.15, 0.2) is 36.5 Å². The number of nitrogens with one attached hydrogen (secondary N) is 1.